The van der Waals surface area contributed by atoms with Gasteiger partial charge in [-0.15, -0.1) is 0 Å². The Bertz CT molecular complexity index is 530. The number of amides is 2. The number of carbonyl (C=O) groups is 2. The number of carbonyl (C=O) groups excluding carboxylic acids is 2. The Labute approximate surface area is 125 Å². The van der Waals surface area contributed by atoms with Crippen molar-refractivity contribution in [2.24, 2.45) is 0 Å². The van der Waals surface area contributed by atoms with Gasteiger partial charge in [-0.25, -0.2) is 4.39 Å². The number of rotatable bonds is 3. The van der Waals surface area contributed by atoms with Crippen LogP contribution in [0, 0.1) is 5.82 Å². The van der Waals surface area contributed by atoms with Gasteiger partial charge in [0.25, 0.3) is 5.91 Å². The van der Waals surface area contributed by atoms with Crippen molar-refractivity contribution in [3.05, 3.63) is 34.1 Å². The number of hydrogen-bond acceptors (Lipinski definition) is 2. The Kier molecular flexibility index (Phi) is 4.75. The van der Waals surface area contributed by atoms with E-state index in [4.69, 9.17) is 0 Å². The van der Waals surface area contributed by atoms with Crippen molar-refractivity contribution >= 4 is 27.7 Å². The lowest BCUT2D eigenvalue weighted by molar-refractivity contribution is -0.131. The predicted molar refractivity (Wildman–Crippen MR) is 76.8 cm³/mol. The van der Waals surface area contributed by atoms with E-state index in [1.165, 1.54) is 18.2 Å². The first kappa shape index (κ1) is 15.0. The molecule has 1 aromatic carbocycles. The van der Waals surface area contributed by atoms with E-state index in [2.05, 4.69) is 21.2 Å². The fraction of sp³-hybridized carbons (Fsp3) is 0.429. The van der Waals surface area contributed by atoms with Crippen LogP contribution in [-0.2, 0) is 4.79 Å². The highest BCUT2D eigenvalue weighted by Gasteiger charge is 2.24. The number of halogens is 2. The van der Waals surface area contributed by atoms with E-state index in [-0.39, 0.29) is 16.3 Å². The van der Waals surface area contributed by atoms with Crippen molar-refractivity contribution in [1.82, 2.24) is 10.2 Å². The number of nitrogens with zero attached hydrogens (tertiary/aromatic N) is 1. The summed E-state index contributed by atoms with van der Waals surface area (Å²) in [5, 5.41) is 2.65. The highest BCUT2D eigenvalue weighted by molar-refractivity contribution is 9.10. The fourth-order valence-corrected chi connectivity index (χ4v) is 2.57. The molecule has 0 bridgehead atoms. The second kappa shape index (κ2) is 6.35. The van der Waals surface area contributed by atoms with E-state index in [9.17, 15) is 14.0 Å². The quantitative estimate of drug-likeness (QED) is 0.916. The average molecular weight is 343 g/mol. The lowest BCUT2D eigenvalue weighted by Crippen LogP contribution is -2.45. The van der Waals surface area contributed by atoms with Crippen LogP contribution < -0.4 is 5.32 Å². The first-order valence-electron chi connectivity index (χ1n) is 6.54. The Morgan fingerprint density at radius 1 is 1.35 bits per heavy atom. The molecule has 1 heterocycles. The third kappa shape index (κ3) is 3.36. The van der Waals surface area contributed by atoms with E-state index in [1.807, 2.05) is 0 Å². The lowest BCUT2D eigenvalue weighted by Gasteiger charge is -2.21. The molecule has 0 aliphatic carbocycles. The molecule has 0 saturated carbocycles. The highest BCUT2D eigenvalue weighted by atomic mass is 79.9. The molecule has 1 aliphatic rings. The predicted octanol–water partition coefficient (Wildman–Crippen LogP) is 2.33. The van der Waals surface area contributed by atoms with Crippen molar-refractivity contribution in [1.29, 1.82) is 0 Å². The highest BCUT2D eigenvalue weighted by Crippen LogP contribution is 2.17. The lowest BCUT2D eigenvalue weighted by atomic mass is 10.2. The summed E-state index contributed by atoms with van der Waals surface area (Å²) >= 11 is 3.03. The van der Waals surface area contributed by atoms with Gasteiger partial charge in [0, 0.05) is 18.7 Å². The van der Waals surface area contributed by atoms with Crippen LogP contribution in [0.5, 0.6) is 0 Å². The second-order valence-corrected chi connectivity index (χ2v) is 5.71. The molecule has 1 fully saturated rings. The van der Waals surface area contributed by atoms with Gasteiger partial charge in [0.05, 0.1) is 4.47 Å². The summed E-state index contributed by atoms with van der Waals surface area (Å²) in [5.41, 5.74) is 0.319. The number of likely N-dealkylation sites (tertiary alicyclic amines) is 1. The first-order chi connectivity index (χ1) is 9.49. The Morgan fingerprint density at radius 3 is 2.60 bits per heavy atom. The van der Waals surface area contributed by atoms with Gasteiger partial charge >= 0.3 is 0 Å². The van der Waals surface area contributed by atoms with Crippen LogP contribution in [0.2, 0.25) is 0 Å². The van der Waals surface area contributed by atoms with Gasteiger partial charge in [0.15, 0.2) is 0 Å². The maximum absolute atomic E-state index is 13.1. The molecule has 0 aromatic heterocycles. The molecule has 1 aliphatic heterocycles. The zero-order valence-corrected chi connectivity index (χ0v) is 12.7. The minimum Gasteiger partial charge on any atom is -0.341 e. The third-order valence-corrected chi connectivity index (χ3v) is 3.93. The monoisotopic (exact) mass is 342 g/mol. The molecular weight excluding hydrogens is 327 g/mol. The molecule has 1 saturated heterocycles. The van der Waals surface area contributed by atoms with E-state index < -0.39 is 11.9 Å². The summed E-state index contributed by atoms with van der Waals surface area (Å²) in [5.74, 6) is -0.884. The molecule has 20 heavy (non-hydrogen) atoms. The summed E-state index contributed by atoms with van der Waals surface area (Å²) in [6, 6.07) is 3.43. The molecule has 1 N–H and O–H groups in total. The summed E-state index contributed by atoms with van der Waals surface area (Å²) in [4.78, 5) is 25.8. The molecule has 0 spiro atoms. The maximum atomic E-state index is 13.1. The normalized spacial score (nSPS) is 16.1. The summed E-state index contributed by atoms with van der Waals surface area (Å²) in [6.07, 6.45) is 2.02. The molecule has 4 nitrogen and oxygen atoms in total. The van der Waals surface area contributed by atoms with Gasteiger partial charge in [-0.1, -0.05) is 0 Å². The van der Waals surface area contributed by atoms with Crippen LogP contribution in [0.15, 0.2) is 22.7 Å². The SMILES string of the molecule is CC(NC(=O)c1ccc(F)c(Br)c1)C(=O)N1CCCC1. The second-order valence-electron chi connectivity index (χ2n) is 4.86. The number of nitrogens with one attached hydrogen (secondary N) is 1. The Morgan fingerprint density at radius 2 is 2.00 bits per heavy atom. The average Bonchev–Trinajstić information content (AvgIpc) is 2.94. The molecule has 108 valence electrons. The molecule has 6 heteroatoms. The summed E-state index contributed by atoms with van der Waals surface area (Å²) in [6.45, 7) is 3.17. The summed E-state index contributed by atoms with van der Waals surface area (Å²) in [7, 11) is 0. The molecular formula is C14H16BrFN2O2. The molecule has 1 atom stereocenters. The number of hydrogen-bond donors (Lipinski definition) is 1. The van der Waals surface area contributed by atoms with Gasteiger partial charge in [-0.2, -0.15) is 0 Å². The van der Waals surface area contributed by atoms with E-state index in [1.54, 1.807) is 11.8 Å². The van der Waals surface area contributed by atoms with Gasteiger partial charge < -0.3 is 10.2 Å². The van der Waals surface area contributed by atoms with Crippen LogP contribution in [0.3, 0.4) is 0 Å². The van der Waals surface area contributed by atoms with Gasteiger partial charge in [0.1, 0.15) is 11.9 Å². The van der Waals surface area contributed by atoms with E-state index in [0.717, 1.165) is 25.9 Å². The zero-order chi connectivity index (χ0) is 14.7. The summed E-state index contributed by atoms with van der Waals surface area (Å²) < 4.78 is 13.3. The van der Waals surface area contributed by atoms with Gasteiger partial charge in [-0.3, -0.25) is 9.59 Å². The van der Waals surface area contributed by atoms with Crippen molar-refractivity contribution in [3.63, 3.8) is 0 Å². The third-order valence-electron chi connectivity index (χ3n) is 3.32. The zero-order valence-electron chi connectivity index (χ0n) is 11.2. The molecule has 0 radical (unpaired) electrons. The fourth-order valence-electron chi connectivity index (χ4n) is 2.19. The Balaban J connectivity index is 1.99. The van der Waals surface area contributed by atoms with Crippen LogP contribution >= 0.6 is 15.9 Å². The Hall–Kier alpha value is -1.43. The van der Waals surface area contributed by atoms with Crippen LogP contribution in [0.25, 0.3) is 0 Å². The standard InChI is InChI=1S/C14H16BrFN2O2/c1-9(14(20)18-6-2-3-7-18)17-13(19)10-4-5-12(16)11(15)8-10/h4-5,8-9H,2-3,6-7H2,1H3,(H,17,19). The van der Waals surface area contributed by atoms with Crippen molar-refractivity contribution in [2.45, 2.75) is 25.8 Å². The van der Waals surface area contributed by atoms with Crippen molar-refractivity contribution in [3.8, 4) is 0 Å². The largest absolute Gasteiger partial charge is 0.341 e. The maximum Gasteiger partial charge on any atom is 0.251 e. The van der Waals surface area contributed by atoms with Crippen LogP contribution in [0.1, 0.15) is 30.1 Å². The van der Waals surface area contributed by atoms with Crippen molar-refractivity contribution < 1.29 is 14.0 Å². The minimum absolute atomic E-state index is 0.0722. The minimum atomic E-state index is -0.579. The smallest absolute Gasteiger partial charge is 0.251 e. The molecule has 2 rings (SSSR count). The molecule has 1 aromatic rings. The van der Waals surface area contributed by atoms with Crippen LogP contribution in [0.4, 0.5) is 4.39 Å². The molecule has 1 unspecified atom stereocenters. The van der Waals surface area contributed by atoms with E-state index in [0.29, 0.717) is 5.56 Å². The van der Waals surface area contributed by atoms with Crippen LogP contribution in [-0.4, -0.2) is 35.8 Å². The topological polar surface area (TPSA) is 49.4 Å². The van der Waals surface area contributed by atoms with Gasteiger partial charge in [-0.05, 0) is 53.9 Å². The molecule has 2 amide bonds. The van der Waals surface area contributed by atoms with E-state index >= 15 is 0 Å². The number of benzene rings is 1. The van der Waals surface area contributed by atoms with Gasteiger partial charge in [0.2, 0.25) is 5.91 Å². The van der Waals surface area contributed by atoms with Crippen molar-refractivity contribution in [2.75, 3.05) is 13.1 Å². The first-order valence-corrected chi connectivity index (χ1v) is 7.33.